The maximum atomic E-state index is 14.7. The fraction of sp³-hybridized carbons (Fsp3) is 0.120. The minimum Gasteiger partial charge on any atom is -0.366 e. The monoisotopic (exact) mass is 552 g/mol. The van der Waals surface area contributed by atoms with E-state index in [1.165, 1.54) is 54.6 Å². The fourth-order valence-electron chi connectivity index (χ4n) is 4.06. The molecule has 1 unspecified atom stereocenters. The molecule has 4 rings (SSSR count). The summed E-state index contributed by atoms with van der Waals surface area (Å²) in [7, 11) is -3.76. The molecule has 186 valence electrons. The molecule has 1 heterocycles. The lowest BCUT2D eigenvalue weighted by atomic mass is 9.83. The van der Waals surface area contributed by atoms with Gasteiger partial charge in [-0.05, 0) is 35.9 Å². The van der Waals surface area contributed by atoms with Crippen LogP contribution in [0, 0.1) is 0 Å². The summed E-state index contributed by atoms with van der Waals surface area (Å²) in [4.78, 5) is 17.0. The number of carbonyl (C=O) groups excluding carboxylic acids is 1. The van der Waals surface area contributed by atoms with Gasteiger partial charge in [0.25, 0.3) is 0 Å². The van der Waals surface area contributed by atoms with Gasteiger partial charge in [0.15, 0.2) is 9.84 Å². The first kappa shape index (κ1) is 25.9. The van der Waals surface area contributed by atoms with Crippen LogP contribution in [0.5, 0.6) is 0 Å². The SMILES string of the molecule is CS(=O)(=O)c1ccc2nc(-c3ccc(Cl)c(Cl)c3)c(C(c3ccccc3)C(F)(F)F)c(C(N)=O)c2c1. The van der Waals surface area contributed by atoms with Crippen molar-refractivity contribution in [2.75, 3.05) is 6.26 Å². The van der Waals surface area contributed by atoms with Gasteiger partial charge in [0.2, 0.25) is 5.91 Å². The van der Waals surface area contributed by atoms with Crippen molar-refractivity contribution in [2.45, 2.75) is 17.0 Å². The van der Waals surface area contributed by atoms with Gasteiger partial charge in [0.05, 0.1) is 31.7 Å². The van der Waals surface area contributed by atoms with Crippen LogP contribution in [0.4, 0.5) is 13.2 Å². The zero-order valence-corrected chi connectivity index (χ0v) is 20.8. The molecule has 0 bridgehead atoms. The number of nitrogens with two attached hydrogens (primary N) is 1. The number of fused-ring (bicyclic) bond motifs is 1. The molecule has 0 aliphatic rings. The van der Waals surface area contributed by atoms with Crippen molar-refractivity contribution in [3.05, 3.63) is 93.5 Å². The highest BCUT2D eigenvalue weighted by atomic mass is 35.5. The van der Waals surface area contributed by atoms with Crippen LogP contribution in [0.15, 0.2) is 71.6 Å². The van der Waals surface area contributed by atoms with E-state index in [4.69, 9.17) is 28.9 Å². The van der Waals surface area contributed by atoms with Gasteiger partial charge in [-0.2, -0.15) is 13.2 Å². The summed E-state index contributed by atoms with van der Waals surface area (Å²) < 4.78 is 68.5. The van der Waals surface area contributed by atoms with E-state index >= 15 is 0 Å². The third-order valence-electron chi connectivity index (χ3n) is 5.61. The molecule has 36 heavy (non-hydrogen) atoms. The molecule has 4 aromatic rings. The van der Waals surface area contributed by atoms with E-state index < -0.39 is 39.0 Å². The normalized spacial score (nSPS) is 13.1. The smallest absolute Gasteiger partial charge is 0.366 e. The van der Waals surface area contributed by atoms with Gasteiger partial charge >= 0.3 is 6.18 Å². The zero-order chi connectivity index (χ0) is 26.4. The number of halogens is 5. The Kier molecular flexibility index (Phi) is 6.76. The molecular formula is C25H17Cl2F3N2O3S. The van der Waals surface area contributed by atoms with Gasteiger partial charge in [0, 0.05) is 22.8 Å². The zero-order valence-electron chi connectivity index (χ0n) is 18.5. The molecule has 1 atom stereocenters. The van der Waals surface area contributed by atoms with Gasteiger partial charge in [-0.15, -0.1) is 0 Å². The highest BCUT2D eigenvalue weighted by Gasteiger charge is 2.45. The van der Waals surface area contributed by atoms with Crippen molar-refractivity contribution in [1.82, 2.24) is 4.98 Å². The number of primary amides is 1. The first-order valence-corrected chi connectivity index (χ1v) is 13.0. The number of rotatable bonds is 5. The van der Waals surface area contributed by atoms with E-state index in [1.54, 1.807) is 6.07 Å². The summed E-state index contributed by atoms with van der Waals surface area (Å²) in [5, 5.41) is 0.124. The Morgan fingerprint density at radius 3 is 2.19 bits per heavy atom. The fourth-order valence-corrected chi connectivity index (χ4v) is 5.01. The van der Waals surface area contributed by atoms with Gasteiger partial charge < -0.3 is 5.73 Å². The van der Waals surface area contributed by atoms with Crippen LogP contribution in [-0.4, -0.2) is 31.7 Å². The van der Waals surface area contributed by atoms with Crippen LogP contribution in [-0.2, 0) is 9.84 Å². The number of pyridine rings is 1. The molecule has 0 aliphatic heterocycles. The van der Waals surface area contributed by atoms with Crippen LogP contribution in [0.2, 0.25) is 10.0 Å². The average molecular weight is 553 g/mol. The maximum Gasteiger partial charge on any atom is 0.399 e. The molecule has 0 fully saturated rings. The molecule has 0 saturated carbocycles. The molecule has 0 saturated heterocycles. The topological polar surface area (TPSA) is 90.1 Å². The third kappa shape index (κ3) is 4.91. The summed E-state index contributed by atoms with van der Waals surface area (Å²) in [6.45, 7) is 0. The van der Waals surface area contributed by atoms with Crippen molar-refractivity contribution in [2.24, 2.45) is 5.73 Å². The van der Waals surface area contributed by atoms with E-state index in [9.17, 15) is 26.4 Å². The Bertz CT molecular complexity index is 1610. The Balaban J connectivity index is 2.24. The maximum absolute atomic E-state index is 14.7. The van der Waals surface area contributed by atoms with Crippen LogP contribution in [0.1, 0.15) is 27.4 Å². The molecule has 1 aromatic heterocycles. The van der Waals surface area contributed by atoms with Crippen molar-refractivity contribution >= 4 is 49.8 Å². The van der Waals surface area contributed by atoms with Gasteiger partial charge in [-0.1, -0.05) is 59.6 Å². The van der Waals surface area contributed by atoms with Crippen molar-refractivity contribution in [1.29, 1.82) is 0 Å². The van der Waals surface area contributed by atoms with Crippen LogP contribution in [0.3, 0.4) is 0 Å². The minimum absolute atomic E-state index is 0.0679. The first-order chi connectivity index (χ1) is 16.8. The molecule has 0 aliphatic carbocycles. The lowest BCUT2D eigenvalue weighted by Crippen LogP contribution is -2.27. The second-order valence-corrected chi connectivity index (χ2v) is 10.9. The number of hydrogen-bond donors (Lipinski definition) is 1. The molecule has 3 aromatic carbocycles. The highest BCUT2D eigenvalue weighted by Crippen LogP contribution is 2.47. The van der Waals surface area contributed by atoms with Crippen LogP contribution in [0.25, 0.3) is 22.2 Å². The molecule has 0 spiro atoms. The predicted molar refractivity (Wildman–Crippen MR) is 133 cm³/mol. The first-order valence-electron chi connectivity index (χ1n) is 10.3. The largest absolute Gasteiger partial charge is 0.399 e. The van der Waals surface area contributed by atoms with E-state index in [0.29, 0.717) is 0 Å². The number of nitrogens with zero attached hydrogens (tertiary/aromatic N) is 1. The van der Waals surface area contributed by atoms with Crippen molar-refractivity contribution in [3.63, 3.8) is 0 Å². The second kappa shape index (κ2) is 9.38. The van der Waals surface area contributed by atoms with Crippen LogP contribution < -0.4 is 5.73 Å². The Labute approximate surface area is 214 Å². The average Bonchev–Trinajstić information content (AvgIpc) is 2.79. The molecule has 1 amide bonds. The summed E-state index contributed by atoms with van der Waals surface area (Å²) in [6.07, 6.45) is -3.93. The Hall–Kier alpha value is -3.14. The minimum atomic E-state index is -4.87. The number of amides is 1. The molecule has 5 nitrogen and oxygen atoms in total. The van der Waals surface area contributed by atoms with E-state index in [2.05, 4.69) is 4.98 Å². The molecule has 11 heteroatoms. The number of sulfone groups is 1. The van der Waals surface area contributed by atoms with E-state index in [1.807, 2.05) is 0 Å². The molecule has 0 radical (unpaired) electrons. The van der Waals surface area contributed by atoms with Gasteiger partial charge in [-0.25, -0.2) is 13.4 Å². The summed E-state index contributed by atoms with van der Waals surface area (Å²) in [5.41, 5.74) is 4.57. The number of aromatic nitrogens is 1. The highest BCUT2D eigenvalue weighted by molar-refractivity contribution is 7.90. The number of alkyl halides is 3. The number of carbonyl (C=O) groups is 1. The van der Waals surface area contributed by atoms with Crippen molar-refractivity contribution < 1.29 is 26.4 Å². The summed E-state index contributed by atoms with van der Waals surface area (Å²) in [6, 6.07) is 14.8. The molecular weight excluding hydrogens is 536 g/mol. The van der Waals surface area contributed by atoms with Crippen LogP contribution >= 0.6 is 23.2 Å². The number of benzene rings is 3. The van der Waals surface area contributed by atoms with Gasteiger partial charge in [0.1, 0.15) is 5.92 Å². The summed E-state index contributed by atoms with van der Waals surface area (Å²) >= 11 is 12.2. The Morgan fingerprint density at radius 1 is 0.972 bits per heavy atom. The lowest BCUT2D eigenvalue weighted by Gasteiger charge is -2.26. The summed E-state index contributed by atoms with van der Waals surface area (Å²) in [5.74, 6) is -3.49. The number of hydrogen-bond acceptors (Lipinski definition) is 4. The van der Waals surface area contributed by atoms with E-state index in [-0.39, 0.29) is 42.7 Å². The van der Waals surface area contributed by atoms with Gasteiger partial charge in [-0.3, -0.25) is 4.79 Å². The predicted octanol–water partition coefficient (Wildman–Crippen LogP) is 6.41. The van der Waals surface area contributed by atoms with E-state index in [0.717, 1.165) is 12.3 Å². The second-order valence-electron chi connectivity index (χ2n) is 8.08. The van der Waals surface area contributed by atoms with Crippen molar-refractivity contribution in [3.8, 4) is 11.3 Å². The molecule has 2 N–H and O–H groups in total. The lowest BCUT2D eigenvalue weighted by molar-refractivity contribution is -0.141. The Morgan fingerprint density at radius 2 is 1.64 bits per heavy atom. The quantitative estimate of drug-likeness (QED) is 0.310. The third-order valence-corrected chi connectivity index (χ3v) is 7.46. The standard InChI is InChI=1S/C25H17Cl2F3N2O3S/c1-36(34,35)15-8-10-19-16(12-15)20(24(31)33)21(22(25(28,29)30)13-5-3-2-4-6-13)23(32-19)14-7-9-17(26)18(27)11-14/h2-12,22H,1H3,(H2,31,33).